The average molecular weight is 1160 g/mol. The summed E-state index contributed by atoms with van der Waals surface area (Å²) in [6.45, 7) is 7.84. The summed E-state index contributed by atoms with van der Waals surface area (Å²) in [6.07, 6.45) is 13.3. The van der Waals surface area contributed by atoms with Gasteiger partial charge < -0.3 is 42.1 Å². The highest BCUT2D eigenvalue weighted by atomic mass is 79.9. The lowest BCUT2D eigenvalue weighted by molar-refractivity contribution is 0.403. The maximum atomic E-state index is 14.4. The minimum Gasteiger partial charge on any atom is -0.427 e. The number of nitrogens with one attached hydrogen (secondary N) is 4. The highest BCUT2D eigenvalue weighted by Gasteiger charge is 2.33. The molecule has 0 spiro atoms. The first-order valence-electron chi connectivity index (χ1n) is 23.8. The molecular formula is C53H58BBr2Cl2F2N9O4. The van der Waals surface area contributed by atoms with Crippen LogP contribution in [0.15, 0.2) is 122 Å². The Morgan fingerprint density at radius 1 is 0.685 bits per heavy atom. The number of benzene rings is 2. The van der Waals surface area contributed by atoms with Crippen LogP contribution < -0.4 is 33.2 Å². The van der Waals surface area contributed by atoms with Gasteiger partial charge in [-0.3, -0.25) is 14.6 Å². The van der Waals surface area contributed by atoms with Crippen LogP contribution in [0.1, 0.15) is 95.1 Å². The van der Waals surface area contributed by atoms with Gasteiger partial charge in [0, 0.05) is 77.5 Å². The largest absolute Gasteiger partial charge is 0.454 e. The monoisotopic (exact) mass is 1160 g/mol. The summed E-state index contributed by atoms with van der Waals surface area (Å²) in [4.78, 5) is 42.8. The van der Waals surface area contributed by atoms with Crippen LogP contribution in [0.5, 0.6) is 0 Å². The number of hydrogen-bond acceptors (Lipinski definition) is 11. The fraction of sp³-hybridized carbons (Fsp3) is 0.302. The van der Waals surface area contributed by atoms with Gasteiger partial charge in [0.2, 0.25) is 0 Å². The Bertz CT molecular complexity index is 3080. The molecule has 0 bridgehead atoms. The smallest absolute Gasteiger partial charge is 0.427 e. The van der Waals surface area contributed by atoms with Crippen molar-refractivity contribution in [2.75, 3.05) is 22.1 Å². The number of hydrogen-bond donors (Lipinski definition) is 8. The molecule has 5 heterocycles. The number of halogens is 6. The van der Waals surface area contributed by atoms with E-state index in [-0.39, 0.29) is 51.0 Å². The van der Waals surface area contributed by atoms with Gasteiger partial charge in [-0.2, -0.15) is 0 Å². The number of nitrogens with two attached hydrogens (primary N) is 2. The van der Waals surface area contributed by atoms with Crippen molar-refractivity contribution in [1.82, 2.24) is 24.9 Å². The van der Waals surface area contributed by atoms with Gasteiger partial charge in [0.25, 0.3) is 11.1 Å². The van der Waals surface area contributed by atoms with Gasteiger partial charge in [0.15, 0.2) is 0 Å². The molecule has 384 valence electrons. The van der Waals surface area contributed by atoms with E-state index in [0.717, 1.165) is 62.7 Å². The summed E-state index contributed by atoms with van der Waals surface area (Å²) in [6, 6.07) is 23.6. The van der Waals surface area contributed by atoms with Crippen molar-refractivity contribution in [2.45, 2.75) is 96.3 Å². The van der Waals surface area contributed by atoms with Crippen molar-refractivity contribution < 1.29 is 18.8 Å². The number of nitrogen functional groups attached to an aromatic ring is 2. The topological polar surface area (TPSA) is 221 Å². The lowest BCUT2D eigenvalue weighted by Crippen LogP contribution is -2.15. The van der Waals surface area contributed by atoms with Crippen molar-refractivity contribution >= 4 is 90.9 Å². The second-order valence-electron chi connectivity index (χ2n) is 18.5. The molecular weight excluding hydrogens is 1110 g/mol. The maximum absolute atomic E-state index is 14.4. The quantitative estimate of drug-likeness (QED) is 0.0569. The van der Waals surface area contributed by atoms with Crippen LogP contribution >= 0.6 is 55.1 Å². The molecule has 0 atom stereocenters. The van der Waals surface area contributed by atoms with E-state index in [2.05, 4.69) is 67.4 Å². The van der Waals surface area contributed by atoms with Gasteiger partial charge in [0.05, 0.1) is 22.5 Å². The maximum Gasteiger partial charge on any atom is 0.454 e. The fourth-order valence-electron chi connectivity index (χ4n) is 7.13. The minimum atomic E-state index is -1.04. The zero-order chi connectivity index (χ0) is 52.9. The fourth-order valence-corrected chi connectivity index (χ4v) is 8.16. The van der Waals surface area contributed by atoms with E-state index in [4.69, 9.17) is 44.7 Å². The number of nitrogens with zero attached hydrogens (tertiary/aromatic N) is 3. The van der Waals surface area contributed by atoms with Crippen molar-refractivity contribution in [3.63, 3.8) is 0 Å². The molecule has 5 aromatic heterocycles. The number of aromatic amines is 2. The second kappa shape index (κ2) is 26.5. The summed E-state index contributed by atoms with van der Waals surface area (Å²) in [5.41, 5.74) is 15.8. The molecule has 7 aromatic rings. The number of H-pyrrole nitrogens is 2. The molecule has 20 heteroatoms. The third kappa shape index (κ3) is 18.1. The third-order valence-corrected chi connectivity index (χ3v) is 13.0. The lowest BCUT2D eigenvalue weighted by atomic mass is 9.84. The minimum absolute atomic E-state index is 0.0798. The zero-order valence-electron chi connectivity index (χ0n) is 40.7. The molecule has 0 radical (unpaired) electrons. The summed E-state index contributed by atoms with van der Waals surface area (Å²) >= 11 is 18.5. The van der Waals surface area contributed by atoms with Crippen LogP contribution in [0.4, 0.5) is 37.5 Å². The Kier molecular flexibility index (Phi) is 20.6. The van der Waals surface area contributed by atoms with Crippen molar-refractivity contribution in [3.8, 4) is 22.3 Å². The first-order chi connectivity index (χ1) is 34.7. The highest BCUT2D eigenvalue weighted by molar-refractivity contribution is 9.10. The summed E-state index contributed by atoms with van der Waals surface area (Å²) in [7, 11) is -1.04. The van der Waals surface area contributed by atoms with E-state index in [0.29, 0.717) is 33.3 Å². The van der Waals surface area contributed by atoms with Crippen molar-refractivity contribution in [1.29, 1.82) is 0 Å². The van der Waals surface area contributed by atoms with Crippen molar-refractivity contribution in [2.24, 2.45) is 5.92 Å². The van der Waals surface area contributed by atoms with Crippen LogP contribution in [0.3, 0.4) is 0 Å². The van der Waals surface area contributed by atoms with Gasteiger partial charge in [-0.05, 0) is 141 Å². The van der Waals surface area contributed by atoms with E-state index in [1.165, 1.54) is 68.1 Å². The average Bonchev–Trinajstić information content (AvgIpc) is 4.17. The van der Waals surface area contributed by atoms with Gasteiger partial charge in [-0.1, -0.05) is 95.6 Å². The Balaban J connectivity index is 0.000000168. The molecule has 0 unspecified atom stereocenters. The Labute approximate surface area is 450 Å². The molecule has 13 nitrogen and oxygen atoms in total. The molecule has 3 fully saturated rings. The Morgan fingerprint density at radius 2 is 1.23 bits per heavy atom. The molecule has 10 N–H and O–H groups in total. The van der Waals surface area contributed by atoms with Crippen LogP contribution in [0.25, 0.3) is 22.3 Å². The molecule has 10 rings (SSSR count). The first-order valence-corrected chi connectivity index (χ1v) is 26.1. The molecule has 73 heavy (non-hydrogen) atoms. The van der Waals surface area contributed by atoms with Gasteiger partial charge in [0.1, 0.15) is 23.3 Å². The van der Waals surface area contributed by atoms with E-state index in [1.807, 2.05) is 58.0 Å². The molecule has 0 aliphatic heterocycles. The van der Waals surface area contributed by atoms with Gasteiger partial charge in [-0.25, -0.2) is 18.7 Å². The van der Waals surface area contributed by atoms with Gasteiger partial charge in [-0.15, -0.1) is 0 Å². The normalized spacial score (nSPS) is 13.5. The number of rotatable bonds is 11. The number of anilines is 5. The van der Waals surface area contributed by atoms with Crippen molar-refractivity contribution in [3.05, 3.63) is 172 Å². The Morgan fingerprint density at radius 3 is 1.71 bits per heavy atom. The van der Waals surface area contributed by atoms with Crippen LogP contribution in [0.2, 0.25) is 15.9 Å². The van der Waals surface area contributed by atoms with Gasteiger partial charge >= 0.3 is 7.12 Å². The van der Waals surface area contributed by atoms with E-state index >= 15 is 0 Å². The zero-order valence-corrected chi connectivity index (χ0v) is 45.4. The molecule has 2 aromatic carbocycles. The first kappa shape index (κ1) is 56.7. The predicted molar refractivity (Wildman–Crippen MR) is 300 cm³/mol. The summed E-state index contributed by atoms with van der Waals surface area (Å²) in [5.74, 6) is 1.65. The molecule has 0 amide bonds. The lowest BCUT2D eigenvalue weighted by Gasteiger charge is -2.17. The molecule has 3 aliphatic carbocycles. The van der Waals surface area contributed by atoms with E-state index in [9.17, 15) is 18.4 Å². The molecule has 0 saturated heterocycles. The number of pyridine rings is 5. The highest BCUT2D eigenvalue weighted by Crippen LogP contribution is 2.37. The van der Waals surface area contributed by atoms with Crippen LogP contribution in [-0.4, -0.2) is 48.1 Å². The Hall–Kier alpha value is -5.63. The number of aromatic nitrogens is 5. The third-order valence-electron chi connectivity index (χ3n) is 11.5. The predicted octanol–water partition coefficient (Wildman–Crippen LogP) is 13.1. The van der Waals surface area contributed by atoms with E-state index in [1.54, 1.807) is 30.7 Å². The standard InChI is InChI=1S/C23H23ClFN3O.C14H14ClFN2O.C8H9BrN2.C5H5BrN2.C3H7BO2/c1-13(2)22-21(27-16-7-8-26-17(11-16)9-14-3-4-14)12-19(23(29)28-22)18-10-15(24)5-6-20(18)25;1-7(2)13-12(17)6-10(14(19)18-13)9-5-8(15)3-4-11(9)16;9-6-3-4-10-8(5-6)11-7-1-2-7;6-4-1-2-8-5(7)3-4;5-4(6)3-1-2-3/h5-8,10-14H,3-4,9H2,1-2H3,(H,26,27)(H,28,29);3-7H,17H2,1-2H3,(H,18,19);3-5,7H,1-2H2,(H,10,11);1-3H,(H2,7,8);3,5-6H,1-2H2. The van der Waals surface area contributed by atoms with Crippen LogP contribution in [-0.2, 0) is 6.42 Å². The SMILES string of the molecule is Brc1ccnc(NC2CC2)c1.CC(C)c1[nH]c(=O)c(-c2cc(Cl)ccc2F)cc1N.CC(C)c1[nH]c(=O)c(-c2cc(Cl)ccc2F)cc1Nc1ccnc(CC2CC2)c1.Nc1cc(Br)ccn1.OB(O)C1CC1. The molecule has 3 saturated carbocycles. The second-order valence-corrected chi connectivity index (χ2v) is 21.2. The van der Waals surface area contributed by atoms with Crippen LogP contribution in [0, 0.1) is 17.6 Å². The van der Waals surface area contributed by atoms with E-state index < -0.39 is 18.8 Å². The summed E-state index contributed by atoms with van der Waals surface area (Å²) < 4.78 is 30.2. The summed E-state index contributed by atoms with van der Waals surface area (Å²) in [5, 5.41) is 23.9. The molecule has 3 aliphatic rings.